The lowest BCUT2D eigenvalue weighted by Gasteiger charge is -2.31. The molecule has 1 fully saturated rings. The van der Waals surface area contributed by atoms with Crippen LogP contribution in [0.1, 0.15) is 23.2 Å². The summed E-state index contributed by atoms with van der Waals surface area (Å²) in [7, 11) is 0. The first kappa shape index (κ1) is 15.6. The van der Waals surface area contributed by atoms with Crippen LogP contribution in [0.2, 0.25) is 0 Å². The van der Waals surface area contributed by atoms with E-state index in [-0.39, 0.29) is 12.5 Å². The van der Waals surface area contributed by atoms with Crippen molar-refractivity contribution in [3.05, 3.63) is 54.2 Å². The summed E-state index contributed by atoms with van der Waals surface area (Å²) < 4.78 is 0. The third-order valence-electron chi connectivity index (χ3n) is 4.90. The smallest absolute Gasteiger partial charge is 0.308 e. The van der Waals surface area contributed by atoms with Crippen LogP contribution in [0.25, 0.3) is 21.7 Å². The quantitative estimate of drug-likeness (QED) is 0.730. The number of rotatable bonds is 2. The van der Waals surface area contributed by atoms with Crippen molar-refractivity contribution >= 4 is 33.6 Å². The number of pyridine rings is 1. The molecule has 2 heterocycles. The first-order valence-electron chi connectivity index (χ1n) is 8.43. The molecule has 0 spiro atoms. The molecule has 1 aliphatic heterocycles. The van der Waals surface area contributed by atoms with Crippen LogP contribution >= 0.6 is 0 Å². The molecule has 5 nitrogen and oxygen atoms in total. The second kappa shape index (κ2) is 6.16. The lowest BCUT2D eigenvalue weighted by atomic mass is 9.96. The molecule has 1 aliphatic rings. The van der Waals surface area contributed by atoms with E-state index in [2.05, 4.69) is 4.98 Å². The van der Waals surface area contributed by atoms with Crippen molar-refractivity contribution in [2.24, 2.45) is 5.92 Å². The molecule has 4 rings (SSSR count). The van der Waals surface area contributed by atoms with Crippen molar-refractivity contribution in [2.45, 2.75) is 12.8 Å². The predicted molar refractivity (Wildman–Crippen MR) is 95.5 cm³/mol. The number of carboxylic acid groups (broad SMARTS) is 1. The molecule has 0 saturated carbocycles. The van der Waals surface area contributed by atoms with Gasteiger partial charge >= 0.3 is 5.97 Å². The summed E-state index contributed by atoms with van der Waals surface area (Å²) in [5.41, 5.74) is 1.21. The van der Waals surface area contributed by atoms with E-state index in [0.717, 1.165) is 16.2 Å². The summed E-state index contributed by atoms with van der Waals surface area (Å²) in [6.45, 7) is 0.846. The van der Waals surface area contributed by atoms with E-state index in [1.165, 1.54) is 0 Å². The molecule has 2 aromatic carbocycles. The van der Waals surface area contributed by atoms with E-state index < -0.39 is 11.9 Å². The topological polar surface area (TPSA) is 70.5 Å². The molecule has 1 aromatic heterocycles. The Hall–Kier alpha value is -2.95. The summed E-state index contributed by atoms with van der Waals surface area (Å²) in [6.07, 6.45) is 3.02. The Bertz CT molecular complexity index is 983. The summed E-state index contributed by atoms with van der Waals surface area (Å²) in [5.74, 6) is -1.46. The highest BCUT2D eigenvalue weighted by molar-refractivity contribution is 6.15. The van der Waals surface area contributed by atoms with Crippen molar-refractivity contribution in [2.75, 3.05) is 13.1 Å². The molecular formula is C20H18N2O3. The van der Waals surface area contributed by atoms with Gasteiger partial charge in [-0.25, -0.2) is 0 Å². The van der Waals surface area contributed by atoms with Crippen molar-refractivity contribution in [1.82, 2.24) is 9.88 Å². The zero-order valence-electron chi connectivity index (χ0n) is 13.7. The van der Waals surface area contributed by atoms with E-state index in [9.17, 15) is 14.7 Å². The summed E-state index contributed by atoms with van der Waals surface area (Å²) in [4.78, 5) is 30.5. The zero-order chi connectivity index (χ0) is 17.4. The molecule has 1 atom stereocenters. The first-order valence-corrected chi connectivity index (χ1v) is 8.43. The number of likely N-dealkylation sites (tertiary alicyclic amines) is 1. The Balaban J connectivity index is 1.82. The van der Waals surface area contributed by atoms with Crippen LogP contribution in [0.5, 0.6) is 0 Å². The van der Waals surface area contributed by atoms with Gasteiger partial charge in [-0.2, -0.15) is 0 Å². The number of carbonyl (C=O) groups is 2. The number of nitrogens with zero attached hydrogens (tertiary/aromatic N) is 2. The molecule has 1 N–H and O–H groups in total. The van der Waals surface area contributed by atoms with Gasteiger partial charge in [-0.05, 0) is 35.7 Å². The number of aromatic nitrogens is 1. The van der Waals surface area contributed by atoms with Gasteiger partial charge in [-0.1, -0.05) is 30.3 Å². The van der Waals surface area contributed by atoms with Gasteiger partial charge in [0.2, 0.25) is 0 Å². The van der Waals surface area contributed by atoms with E-state index in [0.29, 0.717) is 30.5 Å². The maximum Gasteiger partial charge on any atom is 0.308 e. The fourth-order valence-electron chi connectivity index (χ4n) is 3.63. The molecule has 0 aliphatic carbocycles. The molecule has 0 bridgehead atoms. The van der Waals surface area contributed by atoms with Crippen molar-refractivity contribution in [3.63, 3.8) is 0 Å². The normalized spacial score (nSPS) is 17.8. The highest BCUT2D eigenvalue weighted by Gasteiger charge is 2.29. The van der Waals surface area contributed by atoms with Crippen LogP contribution in [0.15, 0.2) is 48.7 Å². The fourth-order valence-corrected chi connectivity index (χ4v) is 3.63. The van der Waals surface area contributed by atoms with Gasteiger partial charge in [0.05, 0.1) is 17.0 Å². The Labute approximate surface area is 144 Å². The monoisotopic (exact) mass is 334 g/mol. The molecule has 25 heavy (non-hydrogen) atoms. The summed E-state index contributed by atoms with van der Waals surface area (Å²) >= 11 is 0. The van der Waals surface area contributed by atoms with E-state index >= 15 is 0 Å². The number of fused-ring (bicyclic) bond motifs is 3. The van der Waals surface area contributed by atoms with E-state index in [1.54, 1.807) is 11.1 Å². The summed E-state index contributed by atoms with van der Waals surface area (Å²) in [6, 6.07) is 13.6. The highest BCUT2D eigenvalue weighted by Crippen LogP contribution is 2.29. The standard InChI is InChI=1S/C20H18N2O3/c23-19(22-10-4-6-14(12-22)20(24)25)17-11-13-5-1-2-7-15(13)16-8-3-9-21-18(16)17/h1-3,5,7-9,11,14H,4,6,10,12H2,(H,24,25)/t14-/m0/s1. The highest BCUT2D eigenvalue weighted by atomic mass is 16.4. The van der Waals surface area contributed by atoms with Crippen LogP contribution in [-0.2, 0) is 4.79 Å². The molecule has 3 aromatic rings. The molecule has 1 amide bonds. The fraction of sp³-hybridized carbons (Fsp3) is 0.250. The number of carbonyl (C=O) groups excluding carboxylic acids is 1. The SMILES string of the molecule is O=C(O)[C@H]1CCCN(C(=O)c2cc3ccccc3c3cccnc23)C1. The third-order valence-corrected chi connectivity index (χ3v) is 4.90. The van der Waals surface area contributed by atoms with Gasteiger partial charge < -0.3 is 10.0 Å². The number of piperidine rings is 1. The van der Waals surface area contributed by atoms with Gasteiger partial charge in [-0.3, -0.25) is 14.6 Å². The van der Waals surface area contributed by atoms with Crippen molar-refractivity contribution < 1.29 is 14.7 Å². The van der Waals surface area contributed by atoms with Gasteiger partial charge in [0.25, 0.3) is 5.91 Å². The molecule has 5 heteroatoms. The average molecular weight is 334 g/mol. The van der Waals surface area contributed by atoms with Gasteiger partial charge in [0, 0.05) is 24.7 Å². The number of carboxylic acids is 1. The molecule has 0 unspecified atom stereocenters. The van der Waals surface area contributed by atoms with Crippen molar-refractivity contribution in [3.8, 4) is 0 Å². The minimum Gasteiger partial charge on any atom is -0.481 e. The van der Waals surface area contributed by atoms with Crippen LogP contribution in [-0.4, -0.2) is 40.0 Å². The number of benzene rings is 2. The molecular weight excluding hydrogens is 316 g/mol. The number of aliphatic carboxylic acids is 1. The van der Waals surface area contributed by atoms with Crippen LogP contribution in [0.4, 0.5) is 0 Å². The lowest BCUT2D eigenvalue weighted by Crippen LogP contribution is -2.42. The summed E-state index contributed by atoms with van der Waals surface area (Å²) in [5, 5.41) is 12.3. The van der Waals surface area contributed by atoms with Gasteiger partial charge in [0.15, 0.2) is 0 Å². The first-order chi connectivity index (χ1) is 12.1. The lowest BCUT2D eigenvalue weighted by molar-refractivity contribution is -0.143. The molecule has 126 valence electrons. The average Bonchev–Trinajstić information content (AvgIpc) is 2.67. The predicted octanol–water partition coefficient (Wildman–Crippen LogP) is 3.32. The zero-order valence-corrected chi connectivity index (χ0v) is 13.7. The van der Waals surface area contributed by atoms with E-state index in [1.807, 2.05) is 42.5 Å². The Morgan fingerprint density at radius 3 is 2.76 bits per heavy atom. The minimum absolute atomic E-state index is 0.139. The maximum absolute atomic E-state index is 13.1. The Morgan fingerprint density at radius 1 is 1.12 bits per heavy atom. The number of amides is 1. The van der Waals surface area contributed by atoms with Crippen LogP contribution in [0, 0.1) is 5.92 Å². The second-order valence-corrected chi connectivity index (χ2v) is 6.47. The maximum atomic E-state index is 13.1. The van der Waals surface area contributed by atoms with Gasteiger partial charge in [0.1, 0.15) is 0 Å². The number of hydrogen-bond donors (Lipinski definition) is 1. The molecule has 0 radical (unpaired) electrons. The van der Waals surface area contributed by atoms with Crippen LogP contribution in [0.3, 0.4) is 0 Å². The van der Waals surface area contributed by atoms with E-state index in [4.69, 9.17) is 0 Å². The van der Waals surface area contributed by atoms with Crippen molar-refractivity contribution in [1.29, 1.82) is 0 Å². The van der Waals surface area contributed by atoms with Gasteiger partial charge in [-0.15, -0.1) is 0 Å². The Morgan fingerprint density at radius 2 is 1.92 bits per heavy atom. The third kappa shape index (κ3) is 2.71. The Kier molecular flexibility index (Phi) is 3.84. The van der Waals surface area contributed by atoms with Crippen LogP contribution < -0.4 is 0 Å². The second-order valence-electron chi connectivity index (χ2n) is 6.47. The number of hydrogen-bond acceptors (Lipinski definition) is 3. The minimum atomic E-state index is -0.834. The largest absolute Gasteiger partial charge is 0.481 e. The molecule has 1 saturated heterocycles.